The van der Waals surface area contributed by atoms with Gasteiger partial charge in [-0.05, 0) is 61.2 Å². The number of rotatable bonds is 12. The second-order valence-corrected chi connectivity index (χ2v) is 15.1. The van der Waals surface area contributed by atoms with E-state index in [2.05, 4.69) is 10.0 Å². The zero-order chi connectivity index (χ0) is 30.7. The monoisotopic (exact) mass is 633 g/mol. The van der Waals surface area contributed by atoms with Crippen molar-refractivity contribution in [1.82, 2.24) is 14.3 Å². The maximum absolute atomic E-state index is 13.4. The molecule has 5 rings (SSSR count). The molecule has 11 nitrogen and oxygen atoms in total. The van der Waals surface area contributed by atoms with Crippen LogP contribution in [0, 0.1) is 0 Å². The second kappa shape index (κ2) is 13.2. The molecule has 2 aliphatic rings. The number of aliphatic hydroxyl groups excluding tert-OH is 2. The summed E-state index contributed by atoms with van der Waals surface area (Å²) in [6.07, 6.45) is 0.231. The minimum Gasteiger partial charge on any atom is -0.491 e. The fourth-order valence-corrected chi connectivity index (χ4v) is 8.17. The summed E-state index contributed by atoms with van der Waals surface area (Å²) >= 11 is 0. The number of sulfonamides is 2. The van der Waals surface area contributed by atoms with Crippen molar-refractivity contribution in [2.24, 2.45) is 0 Å². The molecule has 0 aliphatic carbocycles. The SMILES string of the molecule is CC(O)CNS(=O)(=O)c1cccc(OCC(O)CNC2COC3(CCN(S(=O)(=O)c4ccc5ccccc5c4)CC3)C2)c1. The summed E-state index contributed by atoms with van der Waals surface area (Å²) < 4.78 is 67.2. The van der Waals surface area contributed by atoms with Crippen molar-refractivity contribution in [2.45, 2.75) is 59.8 Å². The van der Waals surface area contributed by atoms with Crippen LogP contribution in [0.2, 0.25) is 0 Å². The number of aliphatic hydroxyl groups is 2. The Labute approximate surface area is 252 Å². The molecule has 3 aromatic carbocycles. The van der Waals surface area contributed by atoms with Crippen molar-refractivity contribution in [1.29, 1.82) is 0 Å². The molecule has 0 aromatic heterocycles. The van der Waals surface area contributed by atoms with Gasteiger partial charge in [0.1, 0.15) is 18.5 Å². The van der Waals surface area contributed by atoms with Crippen LogP contribution in [0.3, 0.4) is 0 Å². The lowest BCUT2D eigenvalue weighted by atomic mass is 9.88. The van der Waals surface area contributed by atoms with Gasteiger partial charge in [-0.25, -0.2) is 21.6 Å². The Bertz CT molecular complexity index is 1620. The highest BCUT2D eigenvalue weighted by molar-refractivity contribution is 7.89. The lowest BCUT2D eigenvalue weighted by molar-refractivity contribution is -0.0312. The third-order valence-corrected chi connectivity index (χ3v) is 11.3. The molecule has 234 valence electrons. The summed E-state index contributed by atoms with van der Waals surface area (Å²) in [5.74, 6) is 0.299. The number of nitrogens with zero attached hydrogens (tertiary/aromatic N) is 1. The lowest BCUT2D eigenvalue weighted by Crippen LogP contribution is -2.47. The molecule has 3 aromatic rings. The first-order chi connectivity index (χ1) is 20.5. The normalized spacial score (nSPS) is 20.8. The second-order valence-electron chi connectivity index (χ2n) is 11.4. The van der Waals surface area contributed by atoms with Crippen LogP contribution in [0.4, 0.5) is 0 Å². The van der Waals surface area contributed by atoms with Gasteiger partial charge in [-0.2, -0.15) is 4.31 Å². The van der Waals surface area contributed by atoms with E-state index in [-0.39, 0.29) is 30.6 Å². The van der Waals surface area contributed by atoms with Crippen molar-refractivity contribution in [3.63, 3.8) is 0 Å². The van der Waals surface area contributed by atoms with Crippen LogP contribution in [-0.4, -0.2) is 94.6 Å². The average Bonchev–Trinajstić information content (AvgIpc) is 3.40. The van der Waals surface area contributed by atoms with Crippen LogP contribution in [0.25, 0.3) is 10.8 Å². The first-order valence-corrected chi connectivity index (χ1v) is 17.3. The van der Waals surface area contributed by atoms with Gasteiger partial charge in [-0.3, -0.25) is 0 Å². The Kier molecular flexibility index (Phi) is 9.73. The third-order valence-electron chi connectivity index (χ3n) is 7.97. The van der Waals surface area contributed by atoms with Gasteiger partial charge in [0.25, 0.3) is 0 Å². The van der Waals surface area contributed by atoms with Crippen molar-refractivity contribution in [2.75, 3.05) is 39.4 Å². The number of fused-ring (bicyclic) bond motifs is 1. The largest absolute Gasteiger partial charge is 0.491 e. The molecule has 0 bridgehead atoms. The molecule has 4 N–H and O–H groups in total. The van der Waals surface area contributed by atoms with Crippen LogP contribution >= 0.6 is 0 Å². The highest BCUT2D eigenvalue weighted by atomic mass is 32.2. The third kappa shape index (κ3) is 7.73. The van der Waals surface area contributed by atoms with Crippen LogP contribution in [0.15, 0.2) is 76.5 Å². The molecule has 2 fully saturated rings. The van der Waals surface area contributed by atoms with E-state index in [4.69, 9.17) is 9.47 Å². The van der Waals surface area contributed by atoms with E-state index in [1.807, 2.05) is 30.3 Å². The Morgan fingerprint density at radius 2 is 1.70 bits per heavy atom. The van der Waals surface area contributed by atoms with Crippen molar-refractivity contribution >= 4 is 30.8 Å². The summed E-state index contributed by atoms with van der Waals surface area (Å²) in [4.78, 5) is 0.300. The summed E-state index contributed by atoms with van der Waals surface area (Å²) in [5.41, 5.74) is -0.400. The highest BCUT2D eigenvalue weighted by Gasteiger charge is 2.44. The quantitative estimate of drug-likeness (QED) is 0.234. The molecule has 13 heteroatoms. The first kappa shape index (κ1) is 31.8. The number of piperidine rings is 1. The smallest absolute Gasteiger partial charge is 0.243 e. The molecular formula is C30H39N3O8S2. The molecule has 43 heavy (non-hydrogen) atoms. The number of hydrogen-bond acceptors (Lipinski definition) is 9. The van der Waals surface area contributed by atoms with Crippen LogP contribution in [0.5, 0.6) is 5.75 Å². The molecule has 2 heterocycles. The Hall–Kier alpha value is -2.62. The summed E-state index contributed by atoms with van der Waals surface area (Å²) in [5, 5.41) is 25.0. The molecule has 0 saturated carbocycles. The van der Waals surface area contributed by atoms with Crippen molar-refractivity contribution < 1.29 is 36.5 Å². The van der Waals surface area contributed by atoms with E-state index in [9.17, 15) is 27.0 Å². The number of benzene rings is 3. The summed E-state index contributed by atoms with van der Waals surface area (Å²) in [6.45, 7) is 2.80. The van der Waals surface area contributed by atoms with Crippen LogP contribution < -0.4 is 14.8 Å². The predicted octanol–water partition coefficient (Wildman–Crippen LogP) is 1.84. The van der Waals surface area contributed by atoms with Crippen LogP contribution in [0.1, 0.15) is 26.2 Å². The number of hydrogen-bond donors (Lipinski definition) is 4. The van der Waals surface area contributed by atoms with Gasteiger partial charge in [0.05, 0.1) is 28.1 Å². The molecule has 2 aliphatic heterocycles. The topological polar surface area (TPSA) is 154 Å². The summed E-state index contributed by atoms with van der Waals surface area (Å²) in [7, 11) is -7.41. The van der Waals surface area contributed by atoms with Gasteiger partial charge >= 0.3 is 0 Å². The van der Waals surface area contributed by atoms with Gasteiger partial charge in [0, 0.05) is 38.3 Å². The van der Waals surface area contributed by atoms with Crippen molar-refractivity contribution in [3.8, 4) is 5.75 Å². The van der Waals surface area contributed by atoms with E-state index in [0.717, 1.165) is 10.8 Å². The van der Waals surface area contributed by atoms with Crippen molar-refractivity contribution in [3.05, 3.63) is 66.7 Å². The zero-order valence-electron chi connectivity index (χ0n) is 24.1. The minimum absolute atomic E-state index is 0.00257. The molecule has 2 saturated heterocycles. The van der Waals surface area contributed by atoms with Crippen LogP contribution in [-0.2, 0) is 24.8 Å². The summed E-state index contributed by atoms with van der Waals surface area (Å²) in [6, 6.07) is 18.9. The zero-order valence-corrected chi connectivity index (χ0v) is 25.7. The molecule has 0 radical (unpaired) electrons. The van der Waals surface area contributed by atoms with E-state index in [1.165, 1.54) is 23.4 Å². The van der Waals surface area contributed by atoms with E-state index < -0.39 is 37.9 Å². The molecule has 0 amide bonds. The fourth-order valence-electron chi connectivity index (χ4n) is 5.53. The standard InChI is InChI=1S/C30H39N3O8S2/c1-22(34)18-32-42(36,37)28-8-4-7-27(16-28)40-21-26(35)19-31-25-17-30(41-20-25)11-13-33(14-12-30)43(38,39)29-10-9-23-5-2-3-6-24(23)15-29/h2-10,15-16,22,25-26,31-32,34-35H,11-14,17-21H2,1H3. The lowest BCUT2D eigenvalue weighted by Gasteiger charge is -2.38. The van der Waals surface area contributed by atoms with Gasteiger partial charge in [0.2, 0.25) is 20.0 Å². The number of nitrogens with one attached hydrogen (secondary N) is 2. The minimum atomic E-state index is -3.80. The Balaban J connectivity index is 1.07. The van der Waals surface area contributed by atoms with Gasteiger partial charge < -0.3 is 25.0 Å². The molecular weight excluding hydrogens is 594 g/mol. The number of ether oxygens (including phenoxy) is 2. The predicted molar refractivity (Wildman–Crippen MR) is 162 cm³/mol. The van der Waals surface area contributed by atoms with E-state index in [1.54, 1.807) is 24.3 Å². The Morgan fingerprint density at radius 3 is 2.44 bits per heavy atom. The van der Waals surface area contributed by atoms with E-state index in [0.29, 0.717) is 49.6 Å². The average molecular weight is 634 g/mol. The highest BCUT2D eigenvalue weighted by Crippen LogP contribution is 2.37. The first-order valence-electron chi connectivity index (χ1n) is 14.4. The molecule has 3 unspecified atom stereocenters. The van der Waals surface area contributed by atoms with Gasteiger partial charge in [-0.15, -0.1) is 0 Å². The fraction of sp³-hybridized carbons (Fsp3) is 0.467. The molecule has 3 atom stereocenters. The Morgan fingerprint density at radius 1 is 0.953 bits per heavy atom. The maximum atomic E-state index is 13.4. The van der Waals surface area contributed by atoms with Gasteiger partial charge in [-0.1, -0.05) is 36.4 Å². The van der Waals surface area contributed by atoms with Gasteiger partial charge in [0.15, 0.2) is 0 Å². The molecule has 1 spiro atoms. The maximum Gasteiger partial charge on any atom is 0.243 e. The van der Waals surface area contributed by atoms with E-state index >= 15 is 0 Å².